The van der Waals surface area contributed by atoms with Gasteiger partial charge in [0.1, 0.15) is 23.2 Å². The molecule has 5 rings (SSSR count). The smallest absolute Gasteiger partial charge is 0.152 e. The van der Waals surface area contributed by atoms with Crippen LogP contribution >= 0.6 is 0 Å². The monoisotopic (exact) mass is 367 g/mol. The summed E-state index contributed by atoms with van der Waals surface area (Å²) < 4.78 is 15.2. The van der Waals surface area contributed by atoms with Crippen molar-refractivity contribution in [2.45, 2.75) is 0 Å². The van der Waals surface area contributed by atoms with Gasteiger partial charge in [0.15, 0.2) is 5.76 Å². The van der Waals surface area contributed by atoms with Crippen molar-refractivity contribution in [2.75, 3.05) is 7.11 Å². The average molecular weight is 367 g/mol. The molecule has 0 atom stereocenters. The molecule has 3 heterocycles. The van der Waals surface area contributed by atoms with Gasteiger partial charge in [0, 0.05) is 23.5 Å². The summed E-state index contributed by atoms with van der Waals surface area (Å²) in [6.07, 6.45) is 1.63. The summed E-state index contributed by atoms with van der Waals surface area (Å²) in [6, 6.07) is 22.1. The summed E-state index contributed by atoms with van der Waals surface area (Å²) in [5, 5.41) is 12.1. The number of furan rings is 1. The molecular weight excluding hydrogens is 350 g/mol. The van der Waals surface area contributed by atoms with Crippen molar-refractivity contribution in [3.63, 3.8) is 0 Å². The third-order valence-electron chi connectivity index (χ3n) is 5.20. The van der Waals surface area contributed by atoms with E-state index >= 15 is 0 Å². The third-order valence-corrected chi connectivity index (χ3v) is 5.20. The van der Waals surface area contributed by atoms with E-state index in [9.17, 15) is 5.26 Å². The normalized spacial score (nSPS) is 11.2. The van der Waals surface area contributed by atoms with Crippen LogP contribution in [0.15, 0.2) is 71.3 Å². The molecule has 2 aromatic carbocycles. The first-order valence-electron chi connectivity index (χ1n) is 8.95. The van der Waals surface area contributed by atoms with E-state index < -0.39 is 0 Å². The highest BCUT2D eigenvalue weighted by Crippen LogP contribution is 2.41. The molecule has 136 valence electrons. The first kappa shape index (κ1) is 16.3. The van der Waals surface area contributed by atoms with Gasteiger partial charge >= 0.3 is 0 Å². The third kappa shape index (κ3) is 2.12. The van der Waals surface area contributed by atoms with Crippen LogP contribution in [0.1, 0.15) is 5.56 Å². The Morgan fingerprint density at radius 1 is 1.00 bits per heavy atom. The van der Waals surface area contributed by atoms with E-state index in [1.807, 2.05) is 55.6 Å². The zero-order valence-electron chi connectivity index (χ0n) is 15.5. The summed E-state index contributed by atoms with van der Waals surface area (Å²) in [6.45, 7) is 0. The second-order valence-electron chi connectivity index (χ2n) is 6.62. The van der Waals surface area contributed by atoms with E-state index in [2.05, 4.69) is 27.3 Å². The van der Waals surface area contributed by atoms with Crippen molar-refractivity contribution < 1.29 is 9.15 Å². The molecule has 0 fully saturated rings. The molecule has 0 bridgehead atoms. The second kappa shape index (κ2) is 6.07. The highest BCUT2D eigenvalue weighted by Gasteiger charge is 2.26. The number of rotatable bonds is 3. The van der Waals surface area contributed by atoms with Crippen LogP contribution in [-0.4, -0.2) is 16.2 Å². The molecule has 0 spiro atoms. The van der Waals surface area contributed by atoms with Gasteiger partial charge in [-0.25, -0.2) is 0 Å². The lowest BCUT2D eigenvalue weighted by Gasteiger charge is -2.12. The first-order chi connectivity index (χ1) is 13.7. The average Bonchev–Trinajstić information content (AvgIpc) is 3.44. The zero-order chi connectivity index (χ0) is 19.3. The molecule has 0 amide bonds. The number of methoxy groups -OCH3 is 1. The van der Waals surface area contributed by atoms with Crippen LogP contribution < -0.4 is 4.74 Å². The molecule has 0 saturated carbocycles. The molecule has 3 aromatic heterocycles. The van der Waals surface area contributed by atoms with Crippen molar-refractivity contribution in [3.8, 4) is 29.0 Å². The van der Waals surface area contributed by atoms with Crippen molar-refractivity contribution in [1.82, 2.24) is 9.13 Å². The van der Waals surface area contributed by atoms with Crippen molar-refractivity contribution in [2.24, 2.45) is 7.05 Å². The molecule has 0 radical (unpaired) electrons. The molecule has 28 heavy (non-hydrogen) atoms. The largest absolute Gasteiger partial charge is 0.497 e. The maximum Gasteiger partial charge on any atom is 0.152 e. The molecule has 0 N–H and O–H groups in total. The highest BCUT2D eigenvalue weighted by atomic mass is 16.5. The van der Waals surface area contributed by atoms with Crippen molar-refractivity contribution >= 4 is 21.9 Å². The number of nitrogens with zero attached hydrogens (tertiary/aromatic N) is 3. The van der Waals surface area contributed by atoms with E-state index in [1.165, 1.54) is 0 Å². The number of benzene rings is 2. The Hall–Kier alpha value is -3.91. The van der Waals surface area contributed by atoms with Crippen LogP contribution in [0.4, 0.5) is 0 Å². The summed E-state index contributed by atoms with van der Waals surface area (Å²) in [7, 11) is 3.67. The number of nitriles is 1. The van der Waals surface area contributed by atoms with Gasteiger partial charge in [-0.1, -0.05) is 18.2 Å². The number of aromatic nitrogens is 2. The Morgan fingerprint density at radius 3 is 2.46 bits per heavy atom. The Labute approximate surface area is 161 Å². The fourth-order valence-electron chi connectivity index (χ4n) is 3.96. The Balaban J connectivity index is 1.99. The molecule has 0 unspecified atom stereocenters. The number of fused-ring (bicyclic) bond motifs is 3. The van der Waals surface area contributed by atoms with Gasteiger partial charge < -0.3 is 13.7 Å². The maximum absolute atomic E-state index is 10.1. The number of hydrogen-bond acceptors (Lipinski definition) is 3. The van der Waals surface area contributed by atoms with E-state index in [4.69, 9.17) is 9.15 Å². The van der Waals surface area contributed by atoms with Gasteiger partial charge in [0.25, 0.3) is 0 Å². The molecule has 0 aliphatic rings. The topological polar surface area (TPSA) is 56.0 Å². The lowest BCUT2D eigenvalue weighted by molar-refractivity contribution is 0.415. The van der Waals surface area contributed by atoms with Gasteiger partial charge in [-0.3, -0.25) is 4.57 Å². The molecule has 5 aromatic rings. The van der Waals surface area contributed by atoms with Gasteiger partial charge in [-0.05, 0) is 42.5 Å². The van der Waals surface area contributed by atoms with Crippen LogP contribution in [0.5, 0.6) is 5.75 Å². The molecule has 5 heteroatoms. The quantitative estimate of drug-likeness (QED) is 0.437. The van der Waals surface area contributed by atoms with Gasteiger partial charge in [-0.15, -0.1) is 0 Å². The van der Waals surface area contributed by atoms with Crippen LogP contribution in [0.2, 0.25) is 0 Å². The summed E-state index contributed by atoms with van der Waals surface area (Å²) in [5.41, 5.74) is 4.33. The van der Waals surface area contributed by atoms with Crippen molar-refractivity contribution in [1.29, 1.82) is 5.26 Å². The Bertz CT molecular complexity index is 1350. The number of hydrogen-bond donors (Lipinski definition) is 0. The van der Waals surface area contributed by atoms with Gasteiger partial charge in [-0.2, -0.15) is 5.26 Å². The lowest BCUT2D eigenvalue weighted by atomic mass is 10.1. The molecule has 0 saturated heterocycles. The van der Waals surface area contributed by atoms with E-state index in [0.29, 0.717) is 11.3 Å². The molecular formula is C23H17N3O2. The summed E-state index contributed by atoms with van der Waals surface area (Å²) in [4.78, 5) is 0. The van der Waals surface area contributed by atoms with Crippen LogP contribution in [0, 0.1) is 11.3 Å². The first-order valence-corrected chi connectivity index (χ1v) is 8.95. The van der Waals surface area contributed by atoms with E-state index in [1.54, 1.807) is 13.4 Å². The standard InChI is InChI=1S/C23H17N3O2/c1-25-19-7-4-3-6-17(19)21-18(14-24)22(20-8-5-13-28-20)26(23(21)25)15-9-11-16(27-2)12-10-15/h3-13H,1-2H3. The molecule has 5 nitrogen and oxygen atoms in total. The fourth-order valence-corrected chi connectivity index (χ4v) is 3.96. The van der Waals surface area contributed by atoms with Crippen molar-refractivity contribution in [3.05, 3.63) is 72.5 Å². The lowest BCUT2D eigenvalue weighted by Crippen LogP contribution is -2.01. The van der Waals surface area contributed by atoms with E-state index in [0.717, 1.165) is 39.1 Å². The summed E-state index contributed by atoms with van der Waals surface area (Å²) >= 11 is 0. The minimum Gasteiger partial charge on any atom is -0.497 e. The molecule has 0 aliphatic heterocycles. The van der Waals surface area contributed by atoms with Gasteiger partial charge in [0.2, 0.25) is 0 Å². The SMILES string of the molecule is COc1ccc(-n2c(-c3ccco3)c(C#N)c3c4ccccc4n(C)c32)cc1. The highest BCUT2D eigenvalue weighted by molar-refractivity contribution is 6.13. The maximum atomic E-state index is 10.1. The Morgan fingerprint density at radius 2 is 1.79 bits per heavy atom. The van der Waals surface area contributed by atoms with Crippen LogP contribution in [0.25, 0.3) is 39.1 Å². The molecule has 0 aliphatic carbocycles. The minimum absolute atomic E-state index is 0.609. The zero-order valence-corrected chi connectivity index (χ0v) is 15.5. The number of ether oxygens (including phenoxy) is 1. The van der Waals surface area contributed by atoms with Crippen LogP contribution in [0.3, 0.4) is 0 Å². The van der Waals surface area contributed by atoms with E-state index in [-0.39, 0.29) is 0 Å². The Kier molecular flexibility index (Phi) is 3.53. The summed E-state index contributed by atoms with van der Waals surface area (Å²) in [5.74, 6) is 1.44. The number of aryl methyl sites for hydroxylation is 1. The predicted molar refractivity (Wildman–Crippen MR) is 109 cm³/mol. The predicted octanol–water partition coefficient (Wildman–Crippen LogP) is 5.26. The fraction of sp³-hybridized carbons (Fsp3) is 0.0870. The minimum atomic E-state index is 0.609. The number of para-hydroxylation sites is 1. The second-order valence-corrected chi connectivity index (χ2v) is 6.62. The van der Waals surface area contributed by atoms with Crippen LogP contribution in [-0.2, 0) is 7.05 Å². The van der Waals surface area contributed by atoms with Gasteiger partial charge in [0.05, 0.1) is 24.5 Å².